The molecule has 0 unspecified atom stereocenters. The number of rotatable bonds is 5. The summed E-state index contributed by atoms with van der Waals surface area (Å²) in [5.74, 6) is 0.370. The third-order valence-corrected chi connectivity index (χ3v) is 6.72. The number of nitrogens with zero attached hydrogens (tertiary/aromatic N) is 1. The van der Waals surface area contributed by atoms with Crippen LogP contribution >= 0.6 is 0 Å². The summed E-state index contributed by atoms with van der Waals surface area (Å²) in [7, 11) is 0. The number of hydrogen-bond donors (Lipinski definition) is 1. The molecule has 0 spiro atoms. The first-order valence-corrected chi connectivity index (χ1v) is 11.3. The number of benzene rings is 2. The summed E-state index contributed by atoms with van der Waals surface area (Å²) in [4.78, 5) is 15.3. The Morgan fingerprint density at radius 2 is 1.72 bits per heavy atom. The molecule has 154 valence electrons. The van der Waals surface area contributed by atoms with E-state index in [0.29, 0.717) is 0 Å². The highest BCUT2D eigenvalue weighted by Gasteiger charge is 2.26. The van der Waals surface area contributed by atoms with Crippen molar-refractivity contribution in [3.8, 4) is 0 Å². The van der Waals surface area contributed by atoms with Crippen molar-refractivity contribution < 1.29 is 4.79 Å². The zero-order valence-corrected chi connectivity index (χ0v) is 17.9. The van der Waals surface area contributed by atoms with Gasteiger partial charge in [-0.2, -0.15) is 0 Å². The van der Waals surface area contributed by atoms with E-state index >= 15 is 0 Å². The molecular formula is C26H34N2O. The Bertz CT molecular complexity index is 834. The molecule has 1 N–H and O–H groups in total. The third-order valence-electron chi connectivity index (χ3n) is 6.72. The summed E-state index contributed by atoms with van der Waals surface area (Å²) < 4.78 is 0. The SMILES string of the molecule is Cc1ccc(CN2CCC(C(=O)N[C@@H](C)c3ccc4c(c3)CCCC4)CC2)cc1. The van der Waals surface area contributed by atoms with Crippen molar-refractivity contribution in [2.75, 3.05) is 13.1 Å². The van der Waals surface area contributed by atoms with Crippen LogP contribution in [0.25, 0.3) is 0 Å². The molecular weight excluding hydrogens is 356 g/mol. The minimum atomic E-state index is 0.0836. The zero-order valence-electron chi connectivity index (χ0n) is 17.9. The highest BCUT2D eigenvalue weighted by atomic mass is 16.1. The van der Waals surface area contributed by atoms with Crippen molar-refractivity contribution >= 4 is 5.91 Å². The highest BCUT2D eigenvalue weighted by Crippen LogP contribution is 2.26. The summed E-state index contributed by atoms with van der Waals surface area (Å²) in [6.45, 7) is 7.23. The molecule has 3 heteroatoms. The lowest BCUT2D eigenvalue weighted by molar-refractivity contribution is -0.127. The van der Waals surface area contributed by atoms with Crippen molar-refractivity contribution in [1.29, 1.82) is 0 Å². The predicted molar refractivity (Wildman–Crippen MR) is 119 cm³/mol. The van der Waals surface area contributed by atoms with Gasteiger partial charge < -0.3 is 5.32 Å². The lowest BCUT2D eigenvalue weighted by Crippen LogP contribution is -2.40. The van der Waals surface area contributed by atoms with Gasteiger partial charge in [-0.05, 0) is 87.7 Å². The van der Waals surface area contributed by atoms with Crippen molar-refractivity contribution in [2.24, 2.45) is 5.92 Å². The Morgan fingerprint density at radius 3 is 2.45 bits per heavy atom. The second kappa shape index (κ2) is 9.13. The molecule has 2 aliphatic rings. The second-order valence-electron chi connectivity index (χ2n) is 9.00. The lowest BCUT2D eigenvalue weighted by Gasteiger charge is -2.32. The van der Waals surface area contributed by atoms with E-state index in [9.17, 15) is 4.79 Å². The maximum absolute atomic E-state index is 12.8. The van der Waals surface area contributed by atoms with Crippen LogP contribution in [0, 0.1) is 12.8 Å². The number of carbonyl (C=O) groups excluding carboxylic acids is 1. The quantitative estimate of drug-likeness (QED) is 0.782. The van der Waals surface area contributed by atoms with E-state index in [0.717, 1.165) is 32.5 Å². The van der Waals surface area contributed by atoms with Gasteiger partial charge in [0.25, 0.3) is 0 Å². The summed E-state index contributed by atoms with van der Waals surface area (Å²) in [5.41, 5.74) is 6.89. The number of likely N-dealkylation sites (tertiary alicyclic amines) is 1. The Kier molecular flexibility index (Phi) is 6.34. The lowest BCUT2D eigenvalue weighted by atomic mass is 9.89. The van der Waals surface area contributed by atoms with Gasteiger partial charge in [-0.3, -0.25) is 9.69 Å². The molecule has 0 saturated carbocycles. The number of carbonyl (C=O) groups is 1. The smallest absolute Gasteiger partial charge is 0.223 e. The van der Waals surface area contributed by atoms with Gasteiger partial charge in [0.1, 0.15) is 0 Å². The summed E-state index contributed by atoms with van der Waals surface area (Å²) in [6.07, 6.45) is 6.89. The summed E-state index contributed by atoms with van der Waals surface area (Å²) in [5, 5.41) is 3.29. The zero-order chi connectivity index (χ0) is 20.2. The maximum atomic E-state index is 12.8. The summed E-state index contributed by atoms with van der Waals surface area (Å²) in [6, 6.07) is 15.7. The van der Waals surface area contributed by atoms with E-state index in [1.54, 1.807) is 0 Å². The molecule has 29 heavy (non-hydrogen) atoms. The molecule has 1 heterocycles. The molecule has 0 bridgehead atoms. The minimum absolute atomic E-state index is 0.0836. The van der Waals surface area contributed by atoms with Crippen LogP contribution in [0.2, 0.25) is 0 Å². The molecule has 2 aromatic carbocycles. The van der Waals surface area contributed by atoms with E-state index in [2.05, 4.69) is 66.5 Å². The number of hydrogen-bond acceptors (Lipinski definition) is 2. The van der Waals surface area contributed by atoms with Gasteiger partial charge in [0.05, 0.1) is 6.04 Å². The van der Waals surface area contributed by atoms with Crippen LogP contribution in [0.1, 0.15) is 66.5 Å². The Labute approximate surface area is 175 Å². The van der Waals surface area contributed by atoms with E-state index < -0.39 is 0 Å². The van der Waals surface area contributed by atoms with Crippen molar-refractivity contribution in [2.45, 2.75) is 65.0 Å². The van der Waals surface area contributed by atoms with Crippen molar-refractivity contribution in [3.05, 3.63) is 70.3 Å². The molecule has 0 radical (unpaired) electrons. The molecule has 1 aliphatic heterocycles. The molecule has 2 aromatic rings. The first-order valence-electron chi connectivity index (χ1n) is 11.3. The number of fused-ring (bicyclic) bond motifs is 1. The topological polar surface area (TPSA) is 32.3 Å². The number of amides is 1. The first-order chi connectivity index (χ1) is 14.1. The maximum Gasteiger partial charge on any atom is 0.223 e. The Balaban J connectivity index is 1.27. The second-order valence-corrected chi connectivity index (χ2v) is 9.00. The molecule has 1 fully saturated rings. The van der Waals surface area contributed by atoms with Gasteiger partial charge in [0, 0.05) is 12.5 Å². The number of nitrogens with one attached hydrogen (secondary N) is 1. The van der Waals surface area contributed by atoms with Crippen LogP contribution in [0.3, 0.4) is 0 Å². The van der Waals surface area contributed by atoms with Gasteiger partial charge in [0.15, 0.2) is 0 Å². The van der Waals surface area contributed by atoms with Crippen LogP contribution in [-0.4, -0.2) is 23.9 Å². The Morgan fingerprint density at radius 1 is 1.03 bits per heavy atom. The fraction of sp³-hybridized carbons (Fsp3) is 0.500. The van der Waals surface area contributed by atoms with Crippen molar-refractivity contribution in [3.63, 3.8) is 0 Å². The molecule has 0 aromatic heterocycles. The van der Waals surface area contributed by atoms with Crippen LogP contribution in [0.5, 0.6) is 0 Å². The number of piperidine rings is 1. The van der Waals surface area contributed by atoms with Gasteiger partial charge in [-0.15, -0.1) is 0 Å². The average molecular weight is 391 g/mol. The number of aryl methyl sites for hydroxylation is 3. The molecule has 1 atom stereocenters. The van der Waals surface area contributed by atoms with Gasteiger partial charge in [-0.25, -0.2) is 0 Å². The van der Waals surface area contributed by atoms with Crippen LogP contribution in [0.4, 0.5) is 0 Å². The van der Waals surface area contributed by atoms with E-state index in [1.807, 2.05) is 0 Å². The average Bonchev–Trinajstić information content (AvgIpc) is 2.75. The predicted octanol–water partition coefficient (Wildman–Crippen LogP) is 4.96. The minimum Gasteiger partial charge on any atom is -0.349 e. The highest BCUT2D eigenvalue weighted by molar-refractivity contribution is 5.79. The first kappa shape index (κ1) is 20.2. The van der Waals surface area contributed by atoms with Crippen LogP contribution < -0.4 is 5.32 Å². The van der Waals surface area contributed by atoms with Gasteiger partial charge >= 0.3 is 0 Å². The monoisotopic (exact) mass is 390 g/mol. The fourth-order valence-corrected chi connectivity index (χ4v) is 4.74. The van der Waals surface area contributed by atoms with E-state index in [1.165, 1.54) is 53.5 Å². The van der Waals surface area contributed by atoms with E-state index in [4.69, 9.17) is 0 Å². The molecule has 1 amide bonds. The molecule has 1 aliphatic carbocycles. The summed E-state index contributed by atoms with van der Waals surface area (Å²) >= 11 is 0. The van der Waals surface area contributed by atoms with Gasteiger partial charge in [-0.1, -0.05) is 48.0 Å². The largest absolute Gasteiger partial charge is 0.349 e. The normalized spacial score (nSPS) is 18.8. The van der Waals surface area contributed by atoms with Crippen LogP contribution in [0.15, 0.2) is 42.5 Å². The van der Waals surface area contributed by atoms with Crippen LogP contribution in [-0.2, 0) is 24.2 Å². The fourth-order valence-electron chi connectivity index (χ4n) is 4.74. The van der Waals surface area contributed by atoms with Crippen molar-refractivity contribution in [1.82, 2.24) is 10.2 Å². The molecule has 4 rings (SSSR count). The molecule has 3 nitrogen and oxygen atoms in total. The Hall–Kier alpha value is -2.13. The third kappa shape index (κ3) is 5.08. The van der Waals surface area contributed by atoms with Gasteiger partial charge in [0.2, 0.25) is 5.91 Å². The molecule has 1 saturated heterocycles. The standard InChI is InChI=1S/C26H34N2O/c1-19-7-9-21(10-8-19)18-28-15-13-23(14-16-28)26(29)27-20(2)24-12-11-22-5-3-4-6-25(22)17-24/h7-12,17,20,23H,3-6,13-16,18H2,1-2H3,(H,27,29)/t20-/m0/s1. The van der Waals surface area contributed by atoms with E-state index in [-0.39, 0.29) is 17.9 Å².